The standard InChI is InChI=1S/C16H21N3S/c1-12(16-19-8-9-20-16)10-17-11-14-5-2-4-13-6-3-7-18-15(13)14/h2,4-5,8-9,12,17-18H,3,6-7,10-11H2,1H3. The van der Waals surface area contributed by atoms with Gasteiger partial charge in [-0.05, 0) is 24.0 Å². The highest BCUT2D eigenvalue weighted by Gasteiger charge is 2.12. The number of rotatable bonds is 5. The number of thiazole rings is 1. The van der Waals surface area contributed by atoms with E-state index in [-0.39, 0.29) is 0 Å². The summed E-state index contributed by atoms with van der Waals surface area (Å²) >= 11 is 1.74. The summed E-state index contributed by atoms with van der Waals surface area (Å²) in [6, 6.07) is 6.63. The van der Waals surface area contributed by atoms with Gasteiger partial charge < -0.3 is 10.6 Å². The molecule has 3 rings (SSSR count). The molecule has 1 atom stereocenters. The molecule has 20 heavy (non-hydrogen) atoms. The normalized spacial score (nSPS) is 15.4. The first-order valence-electron chi connectivity index (χ1n) is 7.29. The van der Waals surface area contributed by atoms with Gasteiger partial charge in [0, 0.05) is 42.8 Å². The zero-order valence-electron chi connectivity index (χ0n) is 11.9. The predicted molar refractivity (Wildman–Crippen MR) is 85.5 cm³/mol. The van der Waals surface area contributed by atoms with Crippen molar-refractivity contribution in [2.24, 2.45) is 0 Å². The Hall–Kier alpha value is -1.39. The van der Waals surface area contributed by atoms with Gasteiger partial charge in [-0.1, -0.05) is 25.1 Å². The fourth-order valence-corrected chi connectivity index (χ4v) is 3.42. The molecule has 0 bridgehead atoms. The first-order chi connectivity index (χ1) is 9.84. The molecule has 1 aliphatic rings. The van der Waals surface area contributed by atoms with Crippen LogP contribution in [0.1, 0.15) is 35.4 Å². The summed E-state index contributed by atoms with van der Waals surface area (Å²) in [5.41, 5.74) is 4.20. The molecule has 1 aromatic carbocycles. The zero-order chi connectivity index (χ0) is 13.8. The zero-order valence-corrected chi connectivity index (χ0v) is 12.7. The molecule has 106 valence electrons. The highest BCUT2D eigenvalue weighted by atomic mass is 32.1. The predicted octanol–water partition coefficient (Wildman–Crippen LogP) is 3.39. The Morgan fingerprint density at radius 3 is 3.25 bits per heavy atom. The van der Waals surface area contributed by atoms with Crippen LogP contribution >= 0.6 is 11.3 Å². The quantitative estimate of drug-likeness (QED) is 0.885. The van der Waals surface area contributed by atoms with Crippen molar-refractivity contribution in [2.45, 2.75) is 32.2 Å². The third-order valence-corrected chi connectivity index (χ3v) is 4.81. The van der Waals surface area contributed by atoms with Crippen LogP contribution in [0.3, 0.4) is 0 Å². The summed E-state index contributed by atoms with van der Waals surface area (Å²) < 4.78 is 0. The molecular weight excluding hydrogens is 266 g/mol. The molecule has 1 aromatic heterocycles. The van der Waals surface area contributed by atoms with Crippen molar-refractivity contribution >= 4 is 17.0 Å². The monoisotopic (exact) mass is 287 g/mol. The van der Waals surface area contributed by atoms with Gasteiger partial charge in [0.15, 0.2) is 0 Å². The number of aryl methyl sites for hydroxylation is 1. The van der Waals surface area contributed by atoms with Crippen LogP contribution in [-0.2, 0) is 13.0 Å². The Labute approximate surface area is 124 Å². The van der Waals surface area contributed by atoms with Crippen LogP contribution in [0, 0.1) is 0 Å². The Kier molecular flexibility index (Phi) is 4.33. The first-order valence-corrected chi connectivity index (χ1v) is 8.17. The van der Waals surface area contributed by atoms with Gasteiger partial charge in [0.25, 0.3) is 0 Å². The molecular formula is C16H21N3S. The Bertz CT molecular complexity index is 551. The van der Waals surface area contributed by atoms with E-state index in [2.05, 4.69) is 40.7 Å². The SMILES string of the molecule is CC(CNCc1cccc2c1NCCC2)c1nccs1. The summed E-state index contributed by atoms with van der Waals surface area (Å²) in [4.78, 5) is 4.38. The third kappa shape index (κ3) is 3.02. The van der Waals surface area contributed by atoms with Crippen LogP contribution < -0.4 is 10.6 Å². The highest BCUT2D eigenvalue weighted by molar-refractivity contribution is 7.09. The first kappa shape index (κ1) is 13.6. The number of hydrogen-bond donors (Lipinski definition) is 2. The smallest absolute Gasteiger partial charge is 0.0965 e. The second-order valence-electron chi connectivity index (χ2n) is 5.38. The topological polar surface area (TPSA) is 37.0 Å². The van der Waals surface area contributed by atoms with E-state index < -0.39 is 0 Å². The fourth-order valence-electron chi connectivity index (χ4n) is 2.72. The molecule has 3 nitrogen and oxygen atoms in total. The molecule has 0 fully saturated rings. The minimum Gasteiger partial charge on any atom is -0.385 e. The maximum atomic E-state index is 4.38. The van der Waals surface area contributed by atoms with Crippen LogP contribution in [-0.4, -0.2) is 18.1 Å². The van der Waals surface area contributed by atoms with Crippen molar-refractivity contribution in [2.75, 3.05) is 18.4 Å². The van der Waals surface area contributed by atoms with Crippen LogP contribution in [0.4, 0.5) is 5.69 Å². The Morgan fingerprint density at radius 1 is 1.45 bits per heavy atom. The molecule has 2 heterocycles. The highest BCUT2D eigenvalue weighted by Crippen LogP contribution is 2.26. The van der Waals surface area contributed by atoms with Gasteiger partial charge in [-0.25, -0.2) is 4.98 Å². The number of para-hydroxylation sites is 1. The molecule has 0 saturated carbocycles. The molecule has 0 spiro atoms. The van der Waals surface area contributed by atoms with Gasteiger partial charge in [0.2, 0.25) is 0 Å². The van der Waals surface area contributed by atoms with Crippen LogP contribution in [0.25, 0.3) is 0 Å². The number of anilines is 1. The van der Waals surface area contributed by atoms with Gasteiger partial charge in [-0.15, -0.1) is 11.3 Å². The van der Waals surface area contributed by atoms with Gasteiger partial charge in [0.1, 0.15) is 0 Å². The van der Waals surface area contributed by atoms with Crippen molar-refractivity contribution in [3.8, 4) is 0 Å². The second kappa shape index (κ2) is 6.37. The number of nitrogens with zero attached hydrogens (tertiary/aromatic N) is 1. The minimum atomic E-state index is 0.475. The number of fused-ring (bicyclic) bond motifs is 1. The van der Waals surface area contributed by atoms with Crippen LogP contribution in [0.2, 0.25) is 0 Å². The lowest BCUT2D eigenvalue weighted by Gasteiger charge is -2.21. The van der Waals surface area contributed by atoms with Crippen LogP contribution in [0.15, 0.2) is 29.8 Å². The van der Waals surface area contributed by atoms with Gasteiger partial charge in [-0.3, -0.25) is 0 Å². The van der Waals surface area contributed by atoms with E-state index in [1.807, 2.05) is 11.6 Å². The van der Waals surface area contributed by atoms with Crippen molar-refractivity contribution in [3.05, 3.63) is 45.9 Å². The second-order valence-corrected chi connectivity index (χ2v) is 6.31. The molecule has 2 N–H and O–H groups in total. The van der Waals surface area contributed by atoms with Gasteiger partial charge in [-0.2, -0.15) is 0 Å². The maximum absolute atomic E-state index is 4.38. The number of nitrogens with one attached hydrogen (secondary N) is 2. The molecule has 0 aliphatic carbocycles. The van der Waals surface area contributed by atoms with Gasteiger partial charge in [0.05, 0.1) is 5.01 Å². The molecule has 0 amide bonds. The molecule has 1 unspecified atom stereocenters. The number of benzene rings is 1. The number of aromatic nitrogens is 1. The lowest BCUT2D eigenvalue weighted by Crippen LogP contribution is -2.22. The Balaban J connectivity index is 1.59. The summed E-state index contributed by atoms with van der Waals surface area (Å²) in [7, 11) is 0. The molecule has 4 heteroatoms. The Morgan fingerprint density at radius 2 is 2.40 bits per heavy atom. The van der Waals surface area contributed by atoms with Crippen molar-refractivity contribution in [1.82, 2.24) is 10.3 Å². The van der Waals surface area contributed by atoms with E-state index in [4.69, 9.17) is 0 Å². The average molecular weight is 287 g/mol. The van der Waals surface area contributed by atoms with E-state index in [0.29, 0.717) is 5.92 Å². The molecule has 2 aromatic rings. The molecule has 0 radical (unpaired) electrons. The van der Waals surface area contributed by atoms with E-state index in [1.54, 1.807) is 11.3 Å². The van der Waals surface area contributed by atoms with Crippen molar-refractivity contribution in [3.63, 3.8) is 0 Å². The third-order valence-electron chi connectivity index (χ3n) is 3.80. The summed E-state index contributed by atoms with van der Waals surface area (Å²) in [6.07, 6.45) is 4.32. The van der Waals surface area contributed by atoms with Crippen molar-refractivity contribution in [1.29, 1.82) is 0 Å². The fraction of sp³-hybridized carbons (Fsp3) is 0.438. The maximum Gasteiger partial charge on any atom is 0.0965 e. The van der Waals surface area contributed by atoms with Gasteiger partial charge >= 0.3 is 0 Å². The van der Waals surface area contributed by atoms with E-state index in [9.17, 15) is 0 Å². The van der Waals surface area contributed by atoms with E-state index in [1.165, 1.54) is 34.7 Å². The molecule has 0 saturated heterocycles. The van der Waals surface area contributed by atoms with Crippen LogP contribution in [0.5, 0.6) is 0 Å². The minimum absolute atomic E-state index is 0.475. The summed E-state index contributed by atoms with van der Waals surface area (Å²) in [5.74, 6) is 0.475. The van der Waals surface area contributed by atoms with E-state index in [0.717, 1.165) is 19.6 Å². The number of hydrogen-bond acceptors (Lipinski definition) is 4. The largest absolute Gasteiger partial charge is 0.385 e. The summed E-state index contributed by atoms with van der Waals surface area (Å²) in [6.45, 7) is 5.22. The summed E-state index contributed by atoms with van der Waals surface area (Å²) in [5, 5.41) is 10.4. The average Bonchev–Trinajstić information content (AvgIpc) is 3.02. The lowest BCUT2D eigenvalue weighted by molar-refractivity contribution is 0.612. The lowest BCUT2D eigenvalue weighted by atomic mass is 9.99. The molecule has 1 aliphatic heterocycles. The van der Waals surface area contributed by atoms with E-state index >= 15 is 0 Å². The van der Waals surface area contributed by atoms with Crippen molar-refractivity contribution < 1.29 is 0 Å².